The fraction of sp³-hybridized carbons (Fsp3) is 0.533. The van der Waals surface area contributed by atoms with Crippen molar-refractivity contribution >= 4 is 5.78 Å². The summed E-state index contributed by atoms with van der Waals surface area (Å²) in [5, 5.41) is 0. The molecule has 1 rings (SSSR count). The minimum atomic E-state index is 0.0232. The fourth-order valence-electron chi connectivity index (χ4n) is 2.24. The Morgan fingerprint density at radius 3 is 2.24 bits per heavy atom. The van der Waals surface area contributed by atoms with Gasteiger partial charge in [0.1, 0.15) is 0 Å². The summed E-state index contributed by atoms with van der Waals surface area (Å²) in [6.45, 7) is 8.69. The normalized spacial score (nSPS) is 12.5. The maximum Gasteiger partial charge on any atom is 0.166 e. The number of carbonyl (C=O) groups is 1. The molecule has 0 N–H and O–H groups in total. The summed E-state index contributed by atoms with van der Waals surface area (Å²) in [5.74, 6) is 0.257. The zero-order chi connectivity index (χ0) is 13.0. The first-order valence-corrected chi connectivity index (χ1v) is 6.08. The van der Waals surface area contributed by atoms with Gasteiger partial charge in [-0.05, 0) is 38.3 Å². The minimum Gasteiger partial charge on any atom is -0.385 e. The van der Waals surface area contributed by atoms with E-state index in [1.54, 1.807) is 7.11 Å². The number of ether oxygens (including phenoxy) is 1. The molecule has 0 saturated carbocycles. The van der Waals surface area contributed by atoms with Crippen molar-refractivity contribution in [2.45, 2.75) is 34.1 Å². The maximum absolute atomic E-state index is 12.3. The Labute approximate surface area is 104 Å². The lowest BCUT2D eigenvalue weighted by Gasteiger charge is -2.15. The molecular formula is C15H22O2. The second-order valence-electron chi connectivity index (χ2n) is 4.82. The number of ketones is 1. The molecule has 1 aromatic carbocycles. The average Bonchev–Trinajstić information content (AvgIpc) is 2.24. The van der Waals surface area contributed by atoms with Gasteiger partial charge in [-0.3, -0.25) is 4.79 Å². The molecule has 94 valence electrons. The van der Waals surface area contributed by atoms with Gasteiger partial charge < -0.3 is 4.74 Å². The van der Waals surface area contributed by atoms with Gasteiger partial charge >= 0.3 is 0 Å². The monoisotopic (exact) mass is 234 g/mol. The van der Waals surface area contributed by atoms with Crippen LogP contribution < -0.4 is 0 Å². The van der Waals surface area contributed by atoms with Crippen molar-refractivity contribution < 1.29 is 9.53 Å². The van der Waals surface area contributed by atoms with E-state index in [0.717, 1.165) is 23.1 Å². The van der Waals surface area contributed by atoms with Crippen LogP contribution in [0.4, 0.5) is 0 Å². The van der Waals surface area contributed by atoms with Crippen LogP contribution in [-0.4, -0.2) is 19.5 Å². The lowest BCUT2D eigenvalue weighted by molar-refractivity contribution is 0.0892. The van der Waals surface area contributed by atoms with Gasteiger partial charge in [0.2, 0.25) is 0 Å². The van der Waals surface area contributed by atoms with Crippen LogP contribution in [-0.2, 0) is 4.74 Å². The highest BCUT2D eigenvalue weighted by Crippen LogP contribution is 2.21. The van der Waals surface area contributed by atoms with E-state index in [4.69, 9.17) is 4.74 Å². The summed E-state index contributed by atoms with van der Waals surface area (Å²) in [7, 11) is 1.67. The van der Waals surface area contributed by atoms with Gasteiger partial charge in [0.25, 0.3) is 0 Å². The number of carbonyl (C=O) groups excluding carboxylic acids is 1. The molecule has 0 spiro atoms. The Bertz CT molecular complexity index is 384. The summed E-state index contributed by atoms with van der Waals surface area (Å²) in [4.78, 5) is 12.3. The Hall–Kier alpha value is -1.15. The first-order valence-electron chi connectivity index (χ1n) is 6.08. The molecule has 0 bridgehead atoms. The molecule has 0 saturated heterocycles. The molecule has 0 amide bonds. The predicted octanol–water partition coefficient (Wildman–Crippen LogP) is 3.47. The molecule has 2 heteroatoms. The van der Waals surface area contributed by atoms with Crippen molar-refractivity contribution in [2.75, 3.05) is 13.7 Å². The first kappa shape index (κ1) is 13.9. The molecule has 0 aliphatic rings. The number of aryl methyl sites for hydroxylation is 3. The number of hydrogen-bond acceptors (Lipinski definition) is 2. The number of hydrogen-bond donors (Lipinski definition) is 0. The SMILES string of the molecule is COCCC(C)C(=O)c1c(C)cc(C)cc1C. The van der Waals surface area contributed by atoms with Gasteiger partial charge in [-0.2, -0.15) is 0 Å². The van der Waals surface area contributed by atoms with Crippen molar-refractivity contribution in [3.05, 3.63) is 34.4 Å². The summed E-state index contributed by atoms with van der Waals surface area (Å²) < 4.78 is 5.03. The van der Waals surface area contributed by atoms with Crippen LogP contribution in [0, 0.1) is 26.7 Å². The van der Waals surface area contributed by atoms with E-state index in [2.05, 4.69) is 19.1 Å². The summed E-state index contributed by atoms with van der Waals surface area (Å²) in [6, 6.07) is 4.15. The quantitative estimate of drug-likeness (QED) is 0.729. The van der Waals surface area contributed by atoms with Gasteiger partial charge in [0, 0.05) is 25.2 Å². The van der Waals surface area contributed by atoms with E-state index in [-0.39, 0.29) is 11.7 Å². The standard InChI is InChI=1S/C15H22O2/c1-10-8-12(3)14(13(4)9-10)15(16)11(2)6-7-17-5/h8-9,11H,6-7H2,1-5H3. The molecule has 0 aliphatic heterocycles. The highest BCUT2D eigenvalue weighted by Gasteiger charge is 2.18. The van der Waals surface area contributed by atoms with Crippen LogP contribution in [0.1, 0.15) is 40.4 Å². The largest absolute Gasteiger partial charge is 0.385 e. The minimum absolute atomic E-state index is 0.0232. The van der Waals surface area contributed by atoms with Gasteiger partial charge in [-0.15, -0.1) is 0 Å². The second-order valence-corrected chi connectivity index (χ2v) is 4.82. The van der Waals surface area contributed by atoms with Crippen LogP contribution in [0.5, 0.6) is 0 Å². The van der Waals surface area contributed by atoms with Crippen LogP contribution in [0.25, 0.3) is 0 Å². The van der Waals surface area contributed by atoms with E-state index >= 15 is 0 Å². The maximum atomic E-state index is 12.3. The average molecular weight is 234 g/mol. The van der Waals surface area contributed by atoms with Crippen LogP contribution in [0.15, 0.2) is 12.1 Å². The second kappa shape index (κ2) is 5.97. The molecule has 2 nitrogen and oxygen atoms in total. The topological polar surface area (TPSA) is 26.3 Å². The van der Waals surface area contributed by atoms with Gasteiger partial charge in [0.05, 0.1) is 0 Å². The van der Waals surface area contributed by atoms with E-state index < -0.39 is 0 Å². The Balaban J connectivity index is 2.96. The lowest BCUT2D eigenvalue weighted by atomic mass is 9.89. The molecule has 1 unspecified atom stereocenters. The molecule has 17 heavy (non-hydrogen) atoms. The van der Waals surface area contributed by atoms with Crippen molar-refractivity contribution in [1.82, 2.24) is 0 Å². The third-order valence-corrected chi connectivity index (χ3v) is 3.13. The lowest BCUT2D eigenvalue weighted by Crippen LogP contribution is -2.16. The van der Waals surface area contributed by atoms with Gasteiger partial charge in [-0.25, -0.2) is 0 Å². The molecule has 0 heterocycles. The predicted molar refractivity (Wildman–Crippen MR) is 70.6 cm³/mol. The van der Waals surface area contributed by atoms with Gasteiger partial charge in [-0.1, -0.05) is 24.6 Å². The Morgan fingerprint density at radius 1 is 1.24 bits per heavy atom. The van der Waals surface area contributed by atoms with E-state index in [0.29, 0.717) is 6.61 Å². The zero-order valence-corrected chi connectivity index (χ0v) is 11.5. The van der Waals surface area contributed by atoms with Gasteiger partial charge in [0.15, 0.2) is 5.78 Å². The number of Topliss-reactive ketones (excluding diaryl/α,β-unsaturated/α-hetero) is 1. The highest BCUT2D eigenvalue weighted by atomic mass is 16.5. The number of rotatable bonds is 5. The van der Waals surface area contributed by atoms with Crippen molar-refractivity contribution in [1.29, 1.82) is 0 Å². The number of benzene rings is 1. The van der Waals surface area contributed by atoms with Crippen molar-refractivity contribution in [2.24, 2.45) is 5.92 Å². The fourth-order valence-corrected chi connectivity index (χ4v) is 2.24. The third kappa shape index (κ3) is 3.40. The van der Waals surface area contributed by atoms with Crippen LogP contribution in [0.3, 0.4) is 0 Å². The molecule has 1 aromatic rings. The van der Waals surface area contributed by atoms with E-state index in [9.17, 15) is 4.79 Å². The summed E-state index contributed by atoms with van der Waals surface area (Å²) in [5.41, 5.74) is 4.26. The first-order chi connectivity index (χ1) is 7.97. The molecule has 0 fully saturated rings. The third-order valence-electron chi connectivity index (χ3n) is 3.13. The molecule has 0 aromatic heterocycles. The zero-order valence-electron chi connectivity index (χ0n) is 11.5. The summed E-state index contributed by atoms with van der Waals surface area (Å²) >= 11 is 0. The van der Waals surface area contributed by atoms with E-state index in [1.807, 2.05) is 20.8 Å². The number of methoxy groups -OCH3 is 1. The Kier molecular flexibility index (Phi) is 4.88. The Morgan fingerprint density at radius 2 is 1.76 bits per heavy atom. The van der Waals surface area contributed by atoms with E-state index in [1.165, 1.54) is 5.56 Å². The molecular weight excluding hydrogens is 212 g/mol. The van der Waals surface area contributed by atoms with Crippen LogP contribution in [0.2, 0.25) is 0 Å². The highest BCUT2D eigenvalue weighted by molar-refractivity contribution is 6.00. The van der Waals surface area contributed by atoms with Crippen LogP contribution >= 0.6 is 0 Å². The van der Waals surface area contributed by atoms with Crippen molar-refractivity contribution in [3.8, 4) is 0 Å². The smallest absolute Gasteiger partial charge is 0.166 e. The van der Waals surface area contributed by atoms with Crippen molar-refractivity contribution in [3.63, 3.8) is 0 Å². The molecule has 0 radical (unpaired) electrons. The summed E-state index contributed by atoms with van der Waals surface area (Å²) in [6.07, 6.45) is 0.780. The molecule has 1 atom stereocenters. The molecule has 0 aliphatic carbocycles.